The van der Waals surface area contributed by atoms with Gasteiger partial charge in [-0.15, -0.1) is 0 Å². The van der Waals surface area contributed by atoms with Crippen molar-refractivity contribution >= 4 is 17.9 Å². The second kappa shape index (κ2) is 15.5. The first kappa shape index (κ1) is 35.4. The molecule has 10 nitrogen and oxygen atoms in total. The molecule has 2 aromatic carbocycles. The van der Waals surface area contributed by atoms with Crippen LogP contribution in [0.4, 0.5) is 24.1 Å². The number of hydrogen-bond acceptors (Lipinski definition) is 8. The number of carbonyl (C=O) groups is 2. The van der Waals surface area contributed by atoms with Crippen LogP contribution in [0.15, 0.2) is 36.4 Å². The number of rotatable bonds is 11. The largest absolute Gasteiger partial charge is 0.453 e. The molecule has 0 radical (unpaired) electrons. The predicted octanol–water partition coefficient (Wildman–Crippen LogP) is 4.86. The zero-order valence-corrected chi connectivity index (χ0v) is 28.4. The van der Waals surface area contributed by atoms with Gasteiger partial charge in [-0.2, -0.15) is 5.26 Å². The van der Waals surface area contributed by atoms with E-state index in [0.29, 0.717) is 29.3 Å². The summed E-state index contributed by atoms with van der Waals surface area (Å²) in [6.45, 7) is 4.64. The Morgan fingerprint density at radius 2 is 1.77 bits per heavy atom. The fourth-order valence-electron chi connectivity index (χ4n) is 8.46. The average Bonchev–Trinajstić information content (AvgIpc) is 3.52. The molecule has 48 heavy (non-hydrogen) atoms. The van der Waals surface area contributed by atoms with E-state index in [1.807, 2.05) is 25.1 Å². The van der Waals surface area contributed by atoms with Crippen LogP contribution in [0, 0.1) is 40.7 Å². The molecule has 2 heterocycles. The number of nitrogens with one attached hydrogen (secondary N) is 2. The Morgan fingerprint density at radius 1 is 1.04 bits per heavy atom. The third kappa shape index (κ3) is 7.52. The fraction of sp³-hybridized carbons (Fsp3) is 0.583. The van der Waals surface area contributed by atoms with E-state index >= 15 is 4.39 Å². The van der Waals surface area contributed by atoms with Gasteiger partial charge in [0.25, 0.3) is 0 Å². The van der Waals surface area contributed by atoms with E-state index in [4.69, 9.17) is 9.47 Å². The topological polar surface area (TPSA) is 110 Å². The number of ether oxygens (including phenoxy) is 2. The third-order valence-corrected chi connectivity index (χ3v) is 10.7. The Labute approximate surface area is 282 Å². The highest BCUT2D eigenvalue weighted by molar-refractivity contribution is 5.68. The first-order valence-corrected chi connectivity index (χ1v) is 16.8. The molecule has 3 aliphatic rings. The maximum absolute atomic E-state index is 15.5. The Kier molecular flexibility index (Phi) is 11.4. The Balaban J connectivity index is 1.31. The normalized spacial score (nSPS) is 21.7. The molecule has 260 valence electrons. The van der Waals surface area contributed by atoms with Gasteiger partial charge in [0.05, 0.1) is 31.5 Å². The Bertz CT molecular complexity index is 1490. The first-order chi connectivity index (χ1) is 23.1. The lowest BCUT2D eigenvalue weighted by atomic mass is 9.58. The lowest BCUT2D eigenvalue weighted by Crippen LogP contribution is -2.58. The van der Waals surface area contributed by atoms with Crippen LogP contribution in [0.1, 0.15) is 48.8 Å². The van der Waals surface area contributed by atoms with Gasteiger partial charge in [-0.05, 0) is 94.5 Å². The smallest absolute Gasteiger partial charge is 0.407 e. The van der Waals surface area contributed by atoms with Crippen molar-refractivity contribution in [3.8, 4) is 6.07 Å². The van der Waals surface area contributed by atoms with E-state index < -0.39 is 17.6 Å². The minimum absolute atomic E-state index is 0.0630. The summed E-state index contributed by atoms with van der Waals surface area (Å²) in [5.41, 5.74) is 1.50. The first-order valence-electron chi connectivity index (χ1n) is 16.8. The van der Waals surface area contributed by atoms with E-state index in [2.05, 4.69) is 26.5 Å². The number of halogens is 2. The number of benzene rings is 2. The summed E-state index contributed by atoms with van der Waals surface area (Å²) >= 11 is 0. The number of carbonyl (C=O) groups excluding carboxylic acids is 2. The van der Waals surface area contributed by atoms with Crippen molar-refractivity contribution in [3.63, 3.8) is 0 Å². The molecule has 0 unspecified atom stereocenters. The summed E-state index contributed by atoms with van der Waals surface area (Å²) in [7, 11) is 6.39. The van der Waals surface area contributed by atoms with Crippen molar-refractivity contribution in [2.24, 2.45) is 17.8 Å². The highest BCUT2D eigenvalue weighted by Gasteiger charge is 2.52. The van der Waals surface area contributed by atoms with Crippen molar-refractivity contribution in [1.82, 2.24) is 20.4 Å². The molecule has 5 rings (SSSR count). The molecule has 2 aromatic rings. The third-order valence-electron chi connectivity index (χ3n) is 10.7. The van der Waals surface area contributed by atoms with Crippen LogP contribution in [0.5, 0.6) is 0 Å². The van der Waals surface area contributed by atoms with E-state index in [-0.39, 0.29) is 36.1 Å². The molecule has 2 saturated heterocycles. The van der Waals surface area contributed by atoms with Crippen LogP contribution in [0.2, 0.25) is 0 Å². The summed E-state index contributed by atoms with van der Waals surface area (Å²) in [5.74, 6) is -0.245. The van der Waals surface area contributed by atoms with E-state index in [1.54, 1.807) is 24.3 Å². The SMILES string of the molecule is COC(=O)NC[C@@](c1cccc(F)c1)(C1CCN(CC2CN(c3ccc(C#N)c(CN(C)C)c3F)C2)CC1)[C@H]1CCC[C@@H]1NC(=O)OC. The van der Waals surface area contributed by atoms with Crippen LogP contribution in [0.25, 0.3) is 0 Å². The number of amides is 2. The monoisotopic (exact) mass is 666 g/mol. The number of alkyl carbamates (subject to hydrolysis) is 2. The van der Waals surface area contributed by atoms with Crippen LogP contribution >= 0.6 is 0 Å². The number of nitriles is 1. The van der Waals surface area contributed by atoms with Gasteiger partial charge in [-0.25, -0.2) is 18.4 Å². The van der Waals surface area contributed by atoms with Crippen molar-refractivity contribution in [3.05, 3.63) is 64.7 Å². The Hall–Kier alpha value is -3.95. The standard InChI is InChI=1S/C36H48F2N6O4/c1-42(2)22-29-25(18-39)11-12-32(33(29)38)44-20-24(21-44)19-43-15-13-26(14-16-43)36(23-40-34(45)47-3,27-7-5-8-28(37)17-27)30-9-6-10-31(30)41-35(46)48-4/h5,7-8,11-12,17,24,26,30-31H,6,9-10,13-16,19-23H2,1-4H3,(H,40,45)(H,41,46)/t30-,31-,36-/m0/s1. The summed E-state index contributed by atoms with van der Waals surface area (Å²) < 4.78 is 40.3. The van der Waals surface area contributed by atoms with Gasteiger partial charge in [0, 0.05) is 55.7 Å². The highest BCUT2D eigenvalue weighted by Crippen LogP contribution is 2.50. The minimum atomic E-state index is -0.658. The summed E-state index contributed by atoms with van der Waals surface area (Å²) in [6.07, 6.45) is 3.08. The highest BCUT2D eigenvalue weighted by atomic mass is 19.1. The zero-order chi connectivity index (χ0) is 34.4. The number of likely N-dealkylation sites (tertiary alicyclic amines) is 1. The van der Waals surface area contributed by atoms with E-state index in [1.165, 1.54) is 20.3 Å². The molecule has 2 N–H and O–H groups in total. The Morgan fingerprint density at radius 3 is 2.42 bits per heavy atom. The van der Waals surface area contributed by atoms with Gasteiger partial charge < -0.3 is 34.8 Å². The zero-order valence-electron chi connectivity index (χ0n) is 28.4. The lowest BCUT2D eigenvalue weighted by Gasteiger charge is -2.51. The van der Waals surface area contributed by atoms with Crippen molar-refractivity contribution < 1.29 is 27.8 Å². The number of hydrogen-bond donors (Lipinski definition) is 2. The fourth-order valence-corrected chi connectivity index (χ4v) is 8.46. The van der Waals surface area contributed by atoms with Crippen LogP contribution in [-0.4, -0.2) is 95.6 Å². The van der Waals surface area contributed by atoms with Crippen molar-refractivity contribution in [2.45, 2.75) is 50.1 Å². The van der Waals surface area contributed by atoms with Gasteiger partial charge in [0.2, 0.25) is 0 Å². The molecule has 0 aromatic heterocycles. The summed E-state index contributed by atoms with van der Waals surface area (Å²) in [5, 5.41) is 15.5. The van der Waals surface area contributed by atoms with E-state index in [0.717, 1.165) is 70.4 Å². The molecule has 3 fully saturated rings. The van der Waals surface area contributed by atoms with Crippen molar-refractivity contribution in [1.29, 1.82) is 5.26 Å². The van der Waals surface area contributed by atoms with Crippen molar-refractivity contribution in [2.75, 3.05) is 72.5 Å². The maximum atomic E-state index is 15.5. The molecule has 1 aliphatic carbocycles. The maximum Gasteiger partial charge on any atom is 0.407 e. The van der Waals surface area contributed by atoms with Gasteiger partial charge in [0.15, 0.2) is 5.82 Å². The molecular weight excluding hydrogens is 618 g/mol. The molecule has 12 heteroatoms. The summed E-state index contributed by atoms with van der Waals surface area (Å²) in [4.78, 5) is 31.2. The number of anilines is 1. The lowest BCUT2D eigenvalue weighted by molar-refractivity contribution is 0.0641. The van der Waals surface area contributed by atoms with Gasteiger partial charge in [-0.3, -0.25) is 0 Å². The van der Waals surface area contributed by atoms with Gasteiger partial charge in [-0.1, -0.05) is 18.6 Å². The molecule has 3 atom stereocenters. The van der Waals surface area contributed by atoms with Crippen LogP contribution in [-0.2, 0) is 21.4 Å². The average molecular weight is 667 g/mol. The second-order valence-electron chi connectivity index (χ2n) is 13.8. The molecule has 2 amide bonds. The number of piperidine rings is 1. The molecular formula is C36H48F2N6O4. The van der Waals surface area contributed by atoms with Gasteiger partial charge >= 0.3 is 12.2 Å². The van der Waals surface area contributed by atoms with Gasteiger partial charge in [0.1, 0.15) is 5.82 Å². The quantitative estimate of drug-likeness (QED) is 0.350. The molecule has 1 saturated carbocycles. The second-order valence-corrected chi connectivity index (χ2v) is 13.8. The molecule has 0 bridgehead atoms. The number of nitrogens with zero attached hydrogens (tertiary/aromatic N) is 4. The molecule has 2 aliphatic heterocycles. The van der Waals surface area contributed by atoms with Crippen LogP contribution < -0.4 is 15.5 Å². The minimum Gasteiger partial charge on any atom is -0.453 e. The molecule has 0 spiro atoms. The van der Waals surface area contributed by atoms with E-state index in [9.17, 15) is 19.2 Å². The predicted molar refractivity (Wildman–Crippen MR) is 179 cm³/mol. The summed E-state index contributed by atoms with van der Waals surface area (Å²) in [6, 6.07) is 12.0. The number of methoxy groups -OCH3 is 2. The van der Waals surface area contributed by atoms with Crippen LogP contribution in [0.3, 0.4) is 0 Å².